The van der Waals surface area contributed by atoms with Crippen LogP contribution in [0.3, 0.4) is 0 Å². The molecule has 0 saturated carbocycles. The van der Waals surface area contributed by atoms with Gasteiger partial charge in [0, 0.05) is 0 Å². The number of fused-ring (bicyclic) bond motifs is 1. The van der Waals surface area contributed by atoms with Crippen molar-refractivity contribution in [3.63, 3.8) is 0 Å². The molecule has 1 aliphatic rings. The molecule has 62 valence electrons. The number of hydrogen-bond acceptors (Lipinski definition) is 3. The van der Waals surface area contributed by atoms with E-state index in [4.69, 9.17) is 22.0 Å². The molecule has 0 saturated heterocycles. The predicted molar refractivity (Wildman–Crippen MR) is 48.3 cm³/mol. The lowest BCUT2D eigenvalue weighted by Crippen LogP contribution is -2.28. The van der Waals surface area contributed by atoms with Crippen molar-refractivity contribution in [2.24, 2.45) is 0 Å². The van der Waals surface area contributed by atoms with Gasteiger partial charge in [-0.1, -0.05) is 11.6 Å². The maximum Gasteiger partial charge on any atom is 0.491 e. The van der Waals surface area contributed by atoms with Crippen LogP contribution in [0.4, 0.5) is 5.69 Å². The molecule has 0 bridgehead atoms. The van der Waals surface area contributed by atoms with E-state index in [1.54, 1.807) is 12.1 Å². The summed E-state index contributed by atoms with van der Waals surface area (Å²) < 4.78 is 4.97. The number of benzene rings is 1. The first-order chi connectivity index (χ1) is 5.68. The SMILES string of the molecule is Nc1cc2c(cc1Cl)B(O)OC2. The number of halogens is 1. The van der Waals surface area contributed by atoms with Gasteiger partial charge in [-0.2, -0.15) is 0 Å². The summed E-state index contributed by atoms with van der Waals surface area (Å²) in [5.41, 5.74) is 7.71. The minimum Gasteiger partial charge on any atom is -0.423 e. The van der Waals surface area contributed by atoms with Gasteiger partial charge in [-0.15, -0.1) is 0 Å². The topological polar surface area (TPSA) is 55.5 Å². The molecule has 1 heterocycles. The third-order valence-corrected chi connectivity index (χ3v) is 2.25. The molecule has 0 spiro atoms. The highest BCUT2D eigenvalue weighted by Crippen LogP contribution is 2.21. The van der Waals surface area contributed by atoms with Crippen LogP contribution < -0.4 is 11.2 Å². The van der Waals surface area contributed by atoms with Crippen molar-refractivity contribution < 1.29 is 9.68 Å². The summed E-state index contributed by atoms with van der Waals surface area (Å²) in [6, 6.07) is 3.37. The van der Waals surface area contributed by atoms with Crippen molar-refractivity contribution in [1.29, 1.82) is 0 Å². The second-order valence-electron chi connectivity index (χ2n) is 2.74. The lowest BCUT2D eigenvalue weighted by Gasteiger charge is -2.01. The summed E-state index contributed by atoms with van der Waals surface area (Å²) >= 11 is 5.77. The second kappa shape index (κ2) is 2.66. The Balaban J connectivity index is 2.56. The predicted octanol–water partition coefficient (Wildman–Crippen LogP) is 0.140. The molecule has 1 aromatic carbocycles. The Morgan fingerprint density at radius 2 is 2.33 bits per heavy atom. The molecule has 0 amide bonds. The molecule has 0 fully saturated rings. The standard InChI is InChI=1S/C7H7BClNO2/c9-6-2-5-4(1-7(6)10)3-12-8(5)11/h1-2,11H,3,10H2. The number of nitrogens with two attached hydrogens (primary N) is 1. The number of anilines is 1. The van der Waals surface area contributed by atoms with E-state index in [9.17, 15) is 5.02 Å². The van der Waals surface area contributed by atoms with Crippen molar-refractivity contribution in [2.75, 3.05) is 5.73 Å². The maximum absolute atomic E-state index is 9.27. The molecule has 2 rings (SSSR count). The summed E-state index contributed by atoms with van der Waals surface area (Å²) in [7, 11) is -0.849. The molecule has 3 nitrogen and oxygen atoms in total. The van der Waals surface area contributed by atoms with E-state index < -0.39 is 7.12 Å². The van der Waals surface area contributed by atoms with Gasteiger partial charge in [-0.3, -0.25) is 0 Å². The van der Waals surface area contributed by atoms with Crippen LogP contribution in [0, 0.1) is 0 Å². The van der Waals surface area contributed by atoms with Crippen molar-refractivity contribution in [3.8, 4) is 0 Å². The van der Waals surface area contributed by atoms with Gasteiger partial charge in [0.05, 0.1) is 17.3 Å². The minimum absolute atomic E-state index is 0.401. The summed E-state index contributed by atoms with van der Waals surface area (Å²) in [6.07, 6.45) is 0. The Kier molecular flexibility index (Phi) is 1.75. The molecule has 0 aliphatic carbocycles. The first-order valence-corrected chi connectivity index (χ1v) is 3.94. The first kappa shape index (κ1) is 7.92. The van der Waals surface area contributed by atoms with E-state index in [0.717, 1.165) is 5.56 Å². The first-order valence-electron chi connectivity index (χ1n) is 3.56. The third-order valence-electron chi connectivity index (χ3n) is 1.92. The zero-order valence-electron chi connectivity index (χ0n) is 6.25. The molecule has 3 N–H and O–H groups in total. The van der Waals surface area contributed by atoms with Gasteiger partial charge in [0.15, 0.2) is 0 Å². The van der Waals surface area contributed by atoms with Crippen LogP contribution in [-0.2, 0) is 11.3 Å². The van der Waals surface area contributed by atoms with Crippen LogP contribution >= 0.6 is 11.6 Å². The van der Waals surface area contributed by atoms with Crippen molar-refractivity contribution >= 4 is 29.9 Å². The molecule has 0 aromatic heterocycles. The Labute approximate surface area is 75.2 Å². The monoisotopic (exact) mass is 183 g/mol. The highest BCUT2D eigenvalue weighted by molar-refractivity contribution is 6.62. The van der Waals surface area contributed by atoms with E-state index in [1.807, 2.05) is 0 Å². The van der Waals surface area contributed by atoms with Crippen LogP contribution in [0.2, 0.25) is 5.02 Å². The highest BCUT2D eigenvalue weighted by Gasteiger charge is 2.27. The van der Waals surface area contributed by atoms with Gasteiger partial charge >= 0.3 is 7.12 Å². The zero-order valence-corrected chi connectivity index (χ0v) is 7.01. The quantitative estimate of drug-likeness (QED) is 0.444. The van der Waals surface area contributed by atoms with Crippen LogP contribution in [0.15, 0.2) is 12.1 Å². The lowest BCUT2D eigenvalue weighted by molar-refractivity contribution is 0.275. The highest BCUT2D eigenvalue weighted by atomic mass is 35.5. The average Bonchev–Trinajstić information content (AvgIpc) is 2.35. The van der Waals surface area contributed by atoms with E-state index >= 15 is 0 Å². The molecule has 1 aromatic rings. The van der Waals surface area contributed by atoms with Crippen LogP contribution in [0.1, 0.15) is 5.56 Å². The molecule has 5 heteroatoms. The normalized spacial score (nSPS) is 15.0. The fraction of sp³-hybridized carbons (Fsp3) is 0.143. The van der Waals surface area contributed by atoms with Crippen LogP contribution in [0.5, 0.6) is 0 Å². The number of nitrogen functional groups attached to an aromatic ring is 1. The van der Waals surface area contributed by atoms with Gasteiger partial charge < -0.3 is 15.4 Å². The van der Waals surface area contributed by atoms with E-state index in [0.29, 0.717) is 22.8 Å². The summed E-state index contributed by atoms with van der Waals surface area (Å²) in [5.74, 6) is 0. The third kappa shape index (κ3) is 1.08. The fourth-order valence-corrected chi connectivity index (χ4v) is 1.44. The Morgan fingerprint density at radius 3 is 3.08 bits per heavy atom. The molecule has 1 aliphatic heterocycles. The molecule has 0 radical (unpaired) electrons. The second-order valence-corrected chi connectivity index (χ2v) is 3.14. The molecule has 0 unspecified atom stereocenters. The number of hydrogen-bond donors (Lipinski definition) is 2. The largest absolute Gasteiger partial charge is 0.491 e. The van der Waals surface area contributed by atoms with E-state index in [2.05, 4.69) is 0 Å². The summed E-state index contributed by atoms with van der Waals surface area (Å²) in [6.45, 7) is 0.401. The average molecular weight is 183 g/mol. The van der Waals surface area contributed by atoms with Gasteiger partial charge in [0.1, 0.15) is 0 Å². The molecular formula is C7H7BClNO2. The number of rotatable bonds is 0. The molecular weight excluding hydrogens is 176 g/mol. The summed E-state index contributed by atoms with van der Waals surface area (Å²) in [4.78, 5) is 0. The van der Waals surface area contributed by atoms with Gasteiger partial charge in [-0.05, 0) is 23.2 Å². The van der Waals surface area contributed by atoms with Crippen molar-refractivity contribution in [2.45, 2.75) is 6.61 Å². The van der Waals surface area contributed by atoms with Gasteiger partial charge in [0.25, 0.3) is 0 Å². The summed E-state index contributed by atoms with van der Waals surface area (Å²) in [5, 5.41) is 9.73. The van der Waals surface area contributed by atoms with Gasteiger partial charge in [-0.25, -0.2) is 0 Å². The van der Waals surface area contributed by atoms with Crippen molar-refractivity contribution in [3.05, 3.63) is 22.7 Å². The fourth-order valence-electron chi connectivity index (χ4n) is 1.27. The van der Waals surface area contributed by atoms with Gasteiger partial charge in [0.2, 0.25) is 0 Å². The lowest BCUT2D eigenvalue weighted by atomic mass is 9.79. The minimum atomic E-state index is -0.849. The zero-order chi connectivity index (χ0) is 8.72. The van der Waals surface area contributed by atoms with E-state index in [-0.39, 0.29) is 0 Å². The molecule has 0 atom stereocenters. The van der Waals surface area contributed by atoms with Crippen LogP contribution in [0.25, 0.3) is 0 Å². The maximum atomic E-state index is 9.27. The molecule has 12 heavy (non-hydrogen) atoms. The smallest absolute Gasteiger partial charge is 0.423 e. The Bertz CT molecular complexity index is 331. The Morgan fingerprint density at radius 1 is 1.58 bits per heavy atom. The van der Waals surface area contributed by atoms with Crippen molar-refractivity contribution in [1.82, 2.24) is 0 Å². The van der Waals surface area contributed by atoms with E-state index in [1.165, 1.54) is 0 Å². The van der Waals surface area contributed by atoms with Crippen LogP contribution in [-0.4, -0.2) is 12.1 Å². The Hall–Kier alpha value is -0.705.